The Balaban J connectivity index is 1.90. The summed E-state index contributed by atoms with van der Waals surface area (Å²) in [6, 6.07) is 5.65. The molecule has 1 aromatic heterocycles. The molecule has 2 aromatic rings. The second kappa shape index (κ2) is 6.41. The lowest BCUT2D eigenvalue weighted by Gasteiger charge is -2.08. The molecule has 0 aliphatic heterocycles. The van der Waals surface area contributed by atoms with Crippen LogP contribution in [0.5, 0.6) is 5.75 Å². The molecule has 0 fully saturated rings. The van der Waals surface area contributed by atoms with E-state index in [9.17, 15) is 0 Å². The minimum Gasteiger partial charge on any atom is -0.493 e. The first-order valence-electron chi connectivity index (χ1n) is 5.57. The average Bonchev–Trinajstić information content (AvgIpc) is 2.81. The number of nitrogens with zero attached hydrogens (tertiary/aromatic N) is 1. The highest BCUT2D eigenvalue weighted by molar-refractivity contribution is 7.09. The third-order valence-electron chi connectivity index (χ3n) is 2.46. The topological polar surface area (TPSA) is 22.1 Å². The van der Waals surface area contributed by atoms with Crippen molar-refractivity contribution in [2.24, 2.45) is 0 Å². The summed E-state index contributed by atoms with van der Waals surface area (Å²) in [5.41, 5.74) is 2.01. The van der Waals surface area contributed by atoms with E-state index < -0.39 is 0 Å². The number of alkyl halides is 1. The van der Waals surface area contributed by atoms with Crippen molar-refractivity contribution in [3.63, 3.8) is 0 Å². The molecule has 5 heteroatoms. The highest BCUT2D eigenvalue weighted by Crippen LogP contribution is 2.22. The summed E-state index contributed by atoms with van der Waals surface area (Å²) < 4.78 is 5.71. The fraction of sp³-hybridized carbons (Fsp3) is 0.308. The van der Waals surface area contributed by atoms with Gasteiger partial charge in [-0.05, 0) is 24.6 Å². The second-order valence-electron chi connectivity index (χ2n) is 3.87. The monoisotopic (exact) mass is 301 g/mol. The van der Waals surface area contributed by atoms with E-state index in [-0.39, 0.29) is 0 Å². The smallest absolute Gasteiger partial charge is 0.123 e. The van der Waals surface area contributed by atoms with Gasteiger partial charge < -0.3 is 4.74 Å². The van der Waals surface area contributed by atoms with E-state index in [0.29, 0.717) is 17.5 Å². The van der Waals surface area contributed by atoms with E-state index in [2.05, 4.69) is 4.98 Å². The average molecular weight is 302 g/mol. The molecule has 2 nitrogen and oxygen atoms in total. The van der Waals surface area contributed by atoms with Crippen LogP contribution >= 0.6 is 34.5 Å². The van der Waals surface area contributed by atoms with Crippen LogP contribution in [0.2, 0.25) is 5.02 Å². The van der Waals surface area contributed by atoms with Crippen LogP contribution in [0, 0.1) is 6.92 Å². The van der Waals surface area contributed by atoms with Crippen molar-refractivity contribution in [2.45, 2.75) is 19.2 Å². The zero-order chi connectivity index (χ0) is 13.0. The molecule has 0 bridgehead atoms. The molecule has 0 N–H and O–H groups in total. The predicted molar refractivity (Wildman–Crippen MR) is 77.1 cm³/mol. The Morgan fingerprint density at radius 1 is 1.39 bits per heavy atom. The molecule has 0 aliphatic rings. The van der Waals surface area contributed by atoms with Gasteiger partial charge in [0.2, 0.25) is 0 Å². The summed E-state index contributed by atoms with van der Waals surface area (Å²) in [6.07, 6.45) is 0.785. The Kier molecular flexibility index (Phi) is 4.87. The van der Waals surface area contributed by atoms with Gasteiger partial charge in [0.1, 0.15) is 5.75 Å². The molecule has 0 saturated heterocycles. The van der Waals surface area contributed by atoms with Gasteiger partial charge in [0.05, 0.1) is 23.2 Å². The largest absolute Gasteiger partial charge is 0.493 e. The standard InChI is InChI=1S/C13H13Cl2NOS/c1-9-2-3-10(15)6-12(9)17-5-4-13-16-11(7-14)8-18-13/h2-3,6,8H,4-5,7H2,1H3. The second-order valence-corrected chi connectivity index (χ2v) is 5.52. The molecule has 0 saturated carbocycles. The first kappa shape index (κ1) is 13.7. The Morgan fingerprint density at radius 2 is 2.22 bits per heavy atom. The number of aromatic nitrogens is 1. The van der Waals surface area contributed by atoms with Gasteiger partial charge >= 0.3 is 0 Å². The number of benzene rings is 1. The highest BCUT2D eigenvalue weighted by Gasteiger charge is 2.04. The maximum Gasteiger partial charge on any atom is 0.123 e. The summed E-state index contributed by atoms with van der Waals surface area (Å²) in [5, 5.41) is 3.71. The van der Waals surface area contributed by atoms with Crippen molar-refractivity contribution in [3.8, 4) is 5.75 Å². The molecule has 0 atom stereocenters. The van der Waals surface area contributed by atoms with Crippen molar-refractivity contribution < 1.29 is 4.74 Å². The SMILES string of the molecule is Cc1ccc(Cl)cc1OCCc1nc(CCl)cs1. The highest BCUT2D eigenvalue weighted by atomic mass is 35.5. The van der Waals surface area contributed by atoms with E-state index in [1.165, 1.54) is 0 Å². The molecule has 18 heavy (non-hydrogen) atoms. The van der Waals surface area contributed by atoms with Crippen molar-refractivity contribution in [1.82, 2.24) is 4.98 Å². The van der Waals surface area contributed by atoms with E-state index in [4.69, 9.17) is 27.9 Å². The van der Waals surface area contributed by atoms with Crippen LogP contribution in [-0.4, -0.2) is 11.6 Å². The van der Waals surface area contributed by atoms with Crippen molar-refractivity contribution in [3.05, 3.63) is 44.9 Å². The van der Waals surface area contributed by atoms with Crippen molar-refractivity contribution in [1.29, 1.82) is 0 Å². The quantitative estimate of drug-likeness (QED) is 0.760. The summed E-state index contributed by atoms with van der Waals surface area (Å²) in [4.78, 5) is 4.38. The Bertz CT molecular complexity index is 527. The number of hydrogen-bond donors (Lipinski definition) is 0. The van der Waals surface area contributed by atoms with Gasteiger partial charge in [-0.15, -0.1) is 22.9 Å². The van der Waals surface area contributed by atoms with Crippen LogP contribution in [-0.2, 0) is 12.3 Å². The maximum atomic E-state index is 5.93. The lowest BCUT2D eigenvalue weighted by Crippen LogP contribution is -2.02. The number of thiazole rings is 1. The van der Waals surface area contributed by atoms with Crippen molar-refractivity contribution >= 4 is 34.5 Å². The third kappa shape index (κ3) is 3.61. The van der Waals surface area contributed by atoms with Crippen LogP contribution in [0.1, 0.15) is 16.3 Å². The minimum absolute atomic E-state index is 0.463. The van der Waals surface area contributed by atoms with Crippen LogP contribution in [0.4, 0.5) is 0 Å². The summed E-state index contributed by atoms with van der Waals surface area (Å²) in [7, 11) is 0. The molecular formula is C13H13Cl2NOS. The van der Waals surface area contributed by atoms with Gasteiger partial charge in [0, 0.05) is 16.8 Å². The van der Waals surface area contributed by atoms with Gasteiger partial charge in [-0.3, -0.25) is 0 Å². The molecule has 0 spiro atoms. The molecule has 1 aromatic carbocycles. The van der Waals surface area contributed by atoms with Crippen LogP contribution in [0.15, 0.2) is 23.6 Å². The molecule has 0 amide bonds. The maximum absolute atomic E-state index is 5.93. The number of aryl methyl sites for hydroxylation is 1. The Labute approximate surface area is 121 Å². The molecule has 0 unspecified atom stereocenters. The number of halogens is 2. The zero-order valence-electron chi connectivity index (χ0n) is 9.95. The zero-order valence-corrected chi connectivity index (χ0v) is 12.3. The van der Waals surface area contributed by atoms with Crippen LogP contribution < -0.4 is 4.74 Å². The fourth-order valence-electron chi connectivity index (χ4n) is 1.50. The summed E-state index contributed by atoms with van der Waals surface area (Å²) in [5.74, 6) is 1.29. The lowest BCUT2D eigenvalue weighted by atomic mass is 10.2. The number of ether oxygens (including phenoxy) is 1. The van der Waals surface area contributed by atoms with Gasteiger partial charge in [-0.1, -0.05) is 17.7 Å². The van der Waals surface area contributed by atoms with Crippen LogP contribution in [0.25, 0.3) is 0 Å². The van der Waals surface area contributed by atoms with Gasteiger partial charge in [0.25, 0.3) is 0 Å². The van der Waals surface area contributed by atoms with Gasteiger partial charge in [0.15, 0.2) is 0 Å². The van der Waals surface area contributed by atoms with Gasteiger partial charge in [-0.25, -0.2) is 4.98 Å². The molecule has 96 valence electrons. The van der Waals surface area contributed by atoms with E-state index >= 15 is 0 Å². The normalized spacial score (nSPS) is 10.6. The summed E-state index contributed by atoms with van der Waals surface area (Å²) in [6.45, 7) is 2.59. The lowest BCUT2D eigenvalue weighted by molar-refractivity contribution is 0.319. The third-order valence-corrected chi connectivity index (χ3v) is 3.93. The molecular weight excluding hydrogens is 289 g/mol. The summed E-state index contributed by atoms with van der Waals surface area (Å²) >= 11 is 13.3. The first-order valence-corrected chi connectivity index (χ1v) is 7.36. The number of rotatable bonds is 5. The first-order chi connectivity index (χ1) is 8.69. The Hall–Kier alpha value is -0.770. The fourth-order valence-corrected chi connectivity index (χ4v) is 2.67. The van der Waals surface area contributed by atoms with E-state index in [1.54, 1.807) is 11.3 Å². The minimum atomic E-state index is 0.463. The van der Waals surface area contributed by atoms with Crippen molar-refractivity contribution in [2.75, 3.05) is 6.61 Å². The van der Waals surface area contributed by atoms with E-state index in [1.807, 2.05) is 30.5 Å². The predicted octanol–water partition coefficient (Wildman–Crippen LogP) is 4.47. The van der Waals surface area contributed by atoms with Gasteiger partial charge in [-0.2, -0.15) is 0 Å². The Morgan fingerprint density at radius 3 is 2.94 bits per heavy atom. The molecule has 2 rings (SSSR count). The van der Waals surface area contributed by atoms with E-state index in [0.717, 1.165) is 28.4 Å². The molecule has 1 heterocycles. The van der Waals surface area contributed by atoms with Crippen LogP contribution in [0.3, 0.4) is 0 Å². The molecule has 0 radical (unpaired) electrons. The molecule has 0 aliphatic carbocycles. The number of hydrogen-bond acceptors (Lipinski definition) is 3.